The third-order valence-electron chi connectivity index (χ3n) is 4.91. The number of quaternary nitrogens is 1. The summed E-state index contributed by atoms with van der Waals surface area (Å²) < 4.78 is 0. The first kappa shape index (κ1) is 20.4. The molecule has 2 N–H and O–H groups in total. The first-order chi connectivity index (χ1) is 13.3. The Kier molecular flexibility index (Phi) is 6.42. The molecule has 3 rings (SSSR count). The lowest BCUT2D eigenvalue weighted by molar-refractivity contribution is -0.856. The first-order valence-corrected chi connectivity index (χ1v) is 10.5. The number of aryl methyl sites for hydroxylation is 2. The van der Waals surface area contributed by atoms with Gasteiger partial charge in [-0.1, -0.05) is 23.8 Å². The summed E-state index contributed by atoms with van der Waals surface area (Å²) in [6, 6.07) is 11.9. The minimum absolute atomic E-state index is 0.0761. The molecule has 0 aromatic heterocycles. The van der Waals surface area contributed by atoms with Crippen LogP contribution in [0.3, 0.4) is 0 Å². The van der Waals surface area contributed by atoms with Gasteiger partial charge in [-0.2, -0.15) is 0 Å². The lowest BCUT2D eigenvalue weighted by Crippen LogP contribution is -3.06. The number of carbonyl (C=O) groups is 2. The van der Waals surface area contributed by atoms with E-state index in [0.29, 0.717) is 24.4 Å². The molecule has 0 saturated carbocycles. The van der Waals surface area contributed by atoms with E-state index in [4.69, 9.17) is 0 Å². The summed E-state index contributed by atoms with van der Waals surface area (Å²) in [5.74, 6) is 0.403. The summed E-state index contributed by atoms with van der Waals surface area (Å²) in [5, 5.41) is 2.96. The number of amides is 2. The molecule has 28 heavy (non-hydrogen) atoms. The zero-order valence-corrected chi connectivity index (χ0v) is 17.8. The van der Waals surface area contributed by atoms with Gasteiger partial charge in [0.1, 0.15) is 0 Å². The van der Waals surface area contributed by atoms with E-state index in [1.54, 1.807) is 0 Å². The van der Waals surface area contributed by atoms with E-state index >= 15 is 0 Å². The van der Waals surface area contributed by atoms with E-state index in [1.807, 2.05) is 23.1 Å². The van der Waals surface area contributed by atoms with Crippen molar-refractivity contribution in [1.82, 2.24) is 5.32 Å². The fourth-order valence-corrected chi connectivity index (χ4v) is 4.10. The predicted molar refractivity (Wildman–Crippen MR) is 114 cm³/mol. The number of benzene rings is 2. The zero-order chi connectivity index (χ0) is 20.3. The third kappa shape index (κ3) is 4.75. The molecule has 0 aliphatic carbocycles. The number of fused-ring (bicyclic) bond motifs is 1. The maximum Gasteiger partial charge on any atom is 0.251 e. The van der Waals surface area contributed by atoms with Gasteiger partial charge in [0, 0.05) is 10.5 Å². The highest BCUT2D eigenvalue weighted by Gasteiger charge is 2.26. The highest BCUT2D eigenvalue weighted by Crippen LogP contribution is 2.37. The molecule has 6 heteroatoms. The summed E-state index contributed by atoms with van der Waals surface area (Å²) in [4.78, 5) is 29.4. The molecule has 0 saturated heterocycles. The minimum atomic E-state index is -0.0984. The van der Waals surface area contributed by atoms with E-state index in [1.165, 1.54) is 27.8 Å². The summed E-state index contributed by atoms with van der Waals surface area (Å²) in [6.45, 7) is 6.13. The predicted octanol–water partition coefficient (Wildman–Crippen LogP) is 1.82. The Balaban J connectivity index is 1.85. The van der Waals surface area contributed by atoms with Crippen LogP contribution in [-0.4, -0.2) is 44.8 Å². The maximum atomic E-state index is 12.7. The van der Waals surface area contributed by atoms with Gasteiger partial charge in [0.2, 0.25) is 5.91 Å². The summed E-state index contributed by atoms with van der Waals surface area (Å²) >= 11 is 1.53. The molecule has 0 radical (unpaired) electrons. The van der Waals surface area contributed by atoms with Gasteiger partial charge < -0.3 is 15.1 Å². The van der Waals surface area contributed by atoms with Crippen LogP contribution in [0.4, 0.5) is 5.69 Å². The van der Waals surface area contributed by atoms with Crippen LogP contribution in [0.25, 0.3) is 0 Å². The number of nitrogens with one attached hydrogen (secondary N) is 2. The SMILES string of the molecule is Cc1ccc(C)c(CN2C(=O)CSc3ccc(C(=O)NCC[NH+](C)C)cc32)c1. The highest BCUT2D eigenvalue weighted by molar-refractivity contribution is 8.00. The number of carbonyl (C=O) groups excluding carboxylic acids is 2. The molecular formula is C22H28N3O2S+. The lowest BCUT2D eigenvalue weighted by Gasteiger charge is -2.30. The normalized spacial score (nSPS) is 13.6. The maximum absolute atomic E-state index is 12.7. The largest absolute Gasteiger partial charge is 0.346 e. The van der Waals surface area contributed by atoms with E-state index < -0.39 is 0 Å². The van der Waals surface area contributed by atoms with Crippen LogP contribution in [0.5, 0.6) is 0 Å². The second-order valence-corrected chi connectivity index (χ2v) is 8.61. The van der Waals surface area contributed by atoms with Crippen LogP contribution in [0.1, 0.15) is 27.0 Å². The highest BCUT2D eigenvalue weighted by atomic mass is 32.2. The fraction of sp³-hybridized carbons (Fsp3) is 0.364. The smallest absolute Gasteiger partial charge is 0.251 e. The molecule has 2 amide bonds. The number of hydrogen-bond acceptors (Lipinski definition) is 3. The quantitative estimate of drug-likeness (QED) is 0.781. The minimum Gasteiger partial charge on any atom is -0.346 e. The summed E-state index contributed by atoms with van der Waals surface area (Å²) in [5.41, 5.74) is 4.89. The van der Waals surface area contributed by atoms with Crippen LogP contribution in [-0.2, 0) is 11.3 Å². The molecule has 0 atom stereocenters. The van der Waals surface area contributed by atoms with Crippen molar-refractivity contribution in [3.05, 3.63) is 58.7 Å². The van der Waals surface area contributed by atoms with Crippen molar-refractivity contribution < 1.29 is 14.5 Å². The Morgan fingerprint density at radius 2 is 1.96 bits per heavy atom. The van der Waals surface area contributed by atoms with Gasteiger partial charge in [-0.05, 0) is 43.2 Å². The Morgan fingerprint density at radius 1 is 1.18 bits per heavy atom. The van der Waals surface area contributed by atoms with E-state index in [0.717, 1.165) is 22.7 Å². The van der Waals surface area contributed by atoms with E-state index in [2.05, 4.69) is 51.5 Å². The Labute approximate surface area is 171 Å². The average Bonchev–Trinajstić information content (AvgIpc) is 2.66. The van der Waals surface area contributed by atoms with Crippen molar-refractivity contribution in [1.29, 1.82) is 0 Å². The number of rotatable bonds is 6. The summed E-state index contributed by atoms with van der Waals surface area (Å²) in [6.07, 6.45) is 0. The molecule has 2 aromatic carbocycles. The van der Waals surface area contributed by atoms with E-state index in [-0.39, 0.29) is 11.8 Å². The third-order valence-corrected chi connectivity index (χ3v) is 5.96. The molecule has 0 bridgehead atoms. The topological polar surface area (TPSA) is 53.9 Å². The zero-order valence-electron chi connectivity index (χ0n) is 17.0. The Morgan fingerprint density at radius 3 is 2.71 bits per heavy atom. The van der Waals surface area contributed by atoms with Gasteiger partial charge in [-0.3, -0.25) is 9.59 Å². The number of likely N-dealkylation sites (N-methyl/N-ethyl adjacent to an activating group) is 1. The van der Waals surface area contributed by atoms with Gasteiger partial charge in [0.05, 0.1) is 45.2 Å². The second kappa shape index (κ2) is 8.80. The van der Waals surface area contributed by atoms with Crippen LogP contribution < -0.4 is 15.1 Å². The Hall–Kier alpha value is -2.31. The van der Waals surface area contributed by atoms with Crippen molar-refractivity contribution in [2.24, 2.45) is 0 Å². The number of nitrogens with zero attached hydrogens (tertiary/aromatic N) is 1. The molecule has 1 heterocycles. The fourth-order valence-electron chi connectivity index (χ4n) is 3.19. The molecule has 148 valence electrons. The number of thioether (sulfide) groups is 1. The number of anilines is 1. The Bertz CT molecular complexity index is 895. The molecule has 5 nitrogen and oxygen atoms in total. The van der Waals surface area contributed by atoms with Crippen molar-refractivity contribution in [2.75, 3.05) is 37.8 Å². The van der Waals surface area contributed by atoms with Crippen molar-refractivity contribution in [3.63, 3.8) is 0 Å². The van der Waals surface area contributed by atoms with Gasteiger partial charge in [-0.15, -0.1) is 11.8 Å². The molecule has 1 aliphatic heterocycles. The van der Waals surface area contributed by atoms with Crippen LogP contribution in [0, 0.1) is 13.8 Å². The van der Waals surface area contributed by atoms with Crippen molar-refractivity contribution >= 4 is 29.3 Å². The lowest BCUT2D eigenvalue weighted by atomic mass is 10.0. The van der Waals surface area contributed by atoms with Crippen LogP contribution in [0.15, 0.2) is 41.3 Å². The molecule has 0 spiro atoms. The molecule has 2 aromatic rings. The molecule has 0 unspecified atom stereocenters. The first-order valence-electron chi connectivity index (χ1n) is 9.55. The van der Waals surface area contributed by atoms with Crippen LogP contribution >= 0.6 is 11.8 Å². The van der Waals surface area contributed by atoms with Gasteiger partial charge in [-0.25, -0.2) is 0 Å². The monoisotopic (exact) mass is 398 g/mol. The average molecular weight is 399 g/mol. The summed E-state index contributed by atoms with van der Waals surface area (Å²) in [7, 11) is 4.11. The molecule has 0 fully saturated rings. The molecule has 1 aliphatic rings. The van der Waals surface area contributed by atoms with Gasteiger partial charge in [0.25, 0.3) is 5.91 Å². The standard InChI is InChI=1S/C22H27N3O2S/c1-15-5-6-16(2)18(11-15)13-25-19-12-17(22(27)23-9-10-24(3)4)7-8-20(19)28-14-21(25)26/h5-8,11-12H,9-10,13-14H2,1-4H3,(H,23,27)/p+1. The second-order valence-electron chi connectivity index (χ2n) is 7.59. The van der Waals surface area contributed by atoms with Crippen molar-refractivity contribution in [3.8, 4) is 0 Å². The van der Waals surface area contributed by atoms with Gasteiger partial charge in [0.15, 0.2) is 0 Å². The van der Waals surface area contributed by atoms with Crippen molar-refractivity contribution in [2.45, 2.75) is 25.3 Å². The van der Waals surface area contributed by atoms with Gasteiger partial charge >= 0.3 is 0 Å². The van der Waals surface area contributed by atoms with Crippen LogP contribution in [0.2, 0.25) is 0 Å². The molecular weight excluding hydrogens is 370 g/mol. The van der Waals surface area contributed by atoms with E-state index in [9.17, 15) is 9.59 Å². The number of hydrogen-bond donors (Lipinski definition) is 2.